The number of aromatic carboxylic acids is 1. The summed E-state index contributed by atoms with van der Waals surface area (Å²) in [6.07, 6.45) is 8.62. The lowest BCUT2D eigenvalue weighted by Gasteiger charge is -2.39. The molecule has 37 heavy (non-hydrogen) atoms. The number of amides is 1. The Labute approximate surface area is 224 Å². The zero-order valence-corrected chi connectivity index (χ0v) is 23.1. The van der Waals surface area contributed by atoms with Crippen molar-refractivity contribution in [3.63, 3.8) is 0 Å². The summed E-state index contributed by atoms with van der Waals surface area (Å²) in [4.78, 5) is 33.3. The highest BCUT2D eigenvalue weighted by molar-refractivity contribution is 7.15. The molecule has 0 bridgehead atoms. The van der Waals surface area contributed by atoms with Crippen LogP contribution in [-0.4, -0.2) is 34.1 Å². The van der Waals surface area contributed by atoms with Crippen LogP contribution in [0.5, 0.6) is 5.88 Å². The third-order valence-corrected chi connectivity index (χ3v) is 8.29. The molecular weight excluding hydrogens is 484 g/mol. The minimum absolute atomic E-state index is 0.0354. The number of carboxylic acid groups (broad SMARTS) is 1. The number of nitrogens with zero attached hydrogens (tertiary/aromatic N) is 2. The zero-order chi connectivity index (χ0) is 26.6. The summed E-state index contributed by atoms with van der Waals surface area (Å²) in [6, 6.07) is 7.39. The van der Waals surface area contributed by atoms with Gasteiger partial charge in [-0.2, -0.15) is 0 Å². The Kier molecular flexibility index (Phi) is 8.59. The summed E-state index contributed by atoms with van der Waals surface area (Å²) in [6.45, 7) is 8.32. The molecular formula is C30H38N2O4S. The van der Waals surface area contributed by atoms with Gasteiger partial charge in [-0.3, -0.25) is 4.79 Å². The number of rotatable bonds is 6. The topological polar surface area (TPSA) is 79.7 Å². The van der Waals surface area contributed by atoms with Crippen LogP contribution in [0.1, 0.15) is 93.6 Å². The fourth-order valence-corrected chi connectivity index (χ4v) is 6.07. The second kappa shape index (κ2) is 11.7. The molecule has 0 unspecified atom stereocenters. The van der Waals surface area contributed by atoms with Gasteiger partial charge in [-0.15, -0.1) is 11.3 Å². The Morgan fingerprint density at radius 3 is 2.38 bits per heavy atom. The van der Waals surface area contributed by atoms with E-state index in [1.165, 1.54) is 11.3 Å². The minimum Gasteiger partial charge on any atom is -0.477 e. The van der Waals surface area contributed by atoms with Crippen molar-refractivity contribution in [3.8, 4) is 17.7 Å². The average Bonchev–Trinajstić information content (AvgIpc) is 3.29. The van der Waals surface area contributed by atoms with Crippen LogP contribution in [0, 0.1) is 29.1 Å². The highest BCUT2D eigenvalue weighted by Crippen LogP contribution is 2.39. The molecule has 2 fully saturated rings. The lowest BCUT2D eigenvalue weighted by molar-refractivity contribution is -0.124. The van der Waals surface area contributed by atoms with Crippen LogP contribution >= 0.6 is 11.3 Å². The first-order chi connectivity index (χ1) is 17.6. The molecule has 0 aromatic carbocycles. The molecule has 1 amide bonds. The average molecular weight is 523 g/mol. The molecule has 4 rings (SSSR count). The molecule has 2 aromatic rings. The Balaban J connectivity index is 1.61. The maximum atomic E-state index is 14.0. The number of anilines is 1. The van der Waals surface area contributed by atoms with Gasteiger partial charge in [-0.1, -0.05) is 24.8 Å². The largest absolute Gasteiger partial charge is 0.477 e. The smallest absolute Gasteiger partial charge is 0.348 e. The van der Waals surface area contributed by atoms with Gasteiger partial charge < -0.3 is 14.7 Å². The number of carboxylic acids is 1. The predicted octanol–water partition coefficient (Wildman–Crippen LogP) is 6.79. The third kappa shape index (κ3) is 7.13. The fourth-order valence-electron chi connectivity index (χ4n) is 5.23. The summed E-state index contributed by atoms with van der Waals surface area (Å²) >= 11 is 1.17. The first kappa shape index (κ1) is 27.2. The van der Waals surface area contributed by atoms with Gasteiger partial charge in [0.2, 0.25) is 11.8 Å². The molecule has 2 aliphatic rings. The van der Waals surface area contributed by atoms with Gasteiger partial charge in [-0.05, 0) is 90.2 Å². The summed E-state index contributed by atoms with van der Waals surface area (Å²) < 4.78 is 6.08. The van der Waals surface area contributed by atoms with Crippen molar-refractivity contribution in [1.29, 1.82) is 0 Å². The number of aromatic nitrogens is 1. The maximum Gasteiger partial charge on any atom is 0.348 e. The minimum atomic E-state index is -1.01. The molecule has 0 saturated heterocycles. The summed E-state index contributed by atoms with van der Waals surface area (Å²) in [5.41, 5.74) is 0.307. The molecule has 2 aliphatic carbocycles. The Morgan fingerprint density at radius 2 is 1.78 bits per heavy atom. The molecule has 0 aliphatic heterocycles. The van der Waals surface area contributed by atoms with Crippen LogP contribution in [0.25, 0.3) is 0 Å². The number of carbonyl (C=O) groups excluding carboxylic acids is 1. The molecule has 0 radical (unpaired) electrons. The number of carbonyl (C=O) groups is 2. The van der Waals surface area contributed by atoms with E-state index in [0.29, 0.717) is 22.4 Å². The number of ether oxygens (including phenoxy) is 1. The van der Waals surface area contributed by atoms with Crippen LogP contribution in [0.2, 0.25) is 0 Å². The normalized spacial score (nSPS) is 24.0. The van der Waals surface area contributed by atoms with Crippen molar-refractivity contribution in [3.05, 3.63) is 40.2 Å². The maximum absolute atomic E-state index is 14.0. The van der Waals surface area contributed by atoms with Gasteiger partial charge >= 0.3 is 5.97 Å². The summed E-state index contributed by atoms with van der Waals surface area (Å²) in [5, 5.41) is 10.1. The highest BCUT2D eigenvalue weighted by atomic mass is 32.1. The van der Waals surface area contributed by atoms with Gasteiger partial charge in [0.1, 0.15) is 11.0 Å². The third-order valence-electron chi connectivity index (χ3n) is 7.26. The fraction of sp³-hybridized carbons (Fsp3) is 0.567. The molecule has 198 valence electrons. The van der Waals surface area contributed by atoms with Crippen molar-refractivity contribution in [2.45, 2.75) is 91.2 Å². The number of hydrogen-bond donors (Lipinski definition) is 1. The van der Waals surface area contributed by atoms with E-state index in [1.54, 1.807) is 6.20 Å². The molecule has 0 atom stereocenters. The van der Waals surface area contributed by atoms with Crippen molar-refractivity contribution in [1.82, 2.24) is 4.98 Å². The number of thiophene rings is 1. The van der Waals surface area contributed by atoms with Crippen molar-refractivity contribution < 1.29 is 19.4 Å². The van der Waals surface area contributed by atoms with E-state index in [0.717, 1.165) is 51.4 Å². The van der Waals surface area contributed by atoms with E-state index in [-0.39, 0.29) is 34.3 Å². The van der Waals surface area contributed by atoms with E-state index >= 15 is 0 Å². The van der Waals surface area contributed by atoms with Crippen molar-refractivity contribution in [2.75, 3.05) is 4.90 Å². The van der Waals surface area contributed by atoms with Crippen LogP contribution in [0.4, 0.5) is 5.69 Å². The molecule has 6 nitrogen and oxygen atoms in total. The quantitative estimate of drug-likeness (QED) is 0.423. The molecule has 7 heteroatoms. The van der Waals surface area contributed by atoms with E-state index in [1.807, 2.05) is 49.9 Å². The first-order valence-electron chi connectivity index (χ1n) is 13.4. The van der Waals surface area contributed by atoms with Gasteiger partial charge in [0.25, 0.3) is 0 Å². The monoisotopic (exact) mass is 522 g/mol. The highest BCUT2D eigenvalue weighted by Gasteiger charge is 2.37. The molecule has 2 aromatic heterocycles. The van der Waals surface area contributed by atoms with E-state index in [9.17, 15) is 14.7 Å². The second-order valence-electron chi connectivity index (χ2n) is 11.5. The lowest BCUT2D eigenvalue weighted by Crippen LogP contribution is -2.47. The Morgan fingerprint density at radius 1 is 1.08 bits per heavy atom. The molecule has 2 saturated carbocycles. The van der Waals surface area contributed by atoms with Crippen molar-refractivity contribution >= 4 is 28.9 Å². The molecule has 0 spiro atoms. The predicted molar refractivity (Wildman–Crippen MR) is 147 cm³/mol. The van der Waals surface area contributed by atoms with Crippen LogP contribution in [0.3, 0.4) is 0 Å². The Hall–Kier alpha value is -2.85. The van der Waals surface area contributed by atoms with Gasteiger partial charge in [-0.25, -0.2) is 9.78 Å². The van der Waals surface area contributed by atoms with Crippen LogP contribution in [0.15, 0.2) is 30.5 Å². The number of hydrogen-bond acceptors (Lipinski definition) is 5. The molecule has 1 N–H and O–H groups in total. The van der Waals surface area contributed by atoms with Gasteiger partial charge in [0, 0.05) is 29.6 Å². The van der Waals surface area contributed by atoms with Crippen molar-refractivity contribution in [2.24, 2.45) is 17.3 Å². The van der Waals surface area contributed by atoms with E-state index in [2.05, 4.69) is 23.7 Å². The zero-order valence-electron chi connectivity index (χ0n) is 22.3. The first-order valence-corrected chi connectivity index (χ1v) is 14.2. The number of pyridine rings is 1. The van der Waals surface area contributed by atoms with E-state index < -0.39 is 5.97 Å². The van der Waals surface area contributed by atoms with E-state index in [4.69, 9.17) is 4.74 Å². The van der Waals surface area contributed by atoms with Gasteiger partial charge in [0.05, 0.1) is 10.6 Å². The van der Waals surface area contributed by atoms with Crippen LogP contribution in [-0.2, 0) is 4.79 Å². The summed E-state index contributed by atoms with van der Waals surface area (Å²) in [7, 11) is 0. The SMILES string of the molecule is CC(C)(C)C#Cc1cc(N(C(=O)[C@H]2CC[C@H](C)CC2)[C@H]2CC[C@H](Oc3ccccn3)CC2)c(C(=O)O)s1. The Bertz CT molecular complexity index is 1140. The second-order valence-corrected chi connectivity index (χ2v) is 12.6. The summed E-state index contributed by atoms with van der Waals surface area (Å²) in [5.74, 6) is 6.60. The van der Waals surface area contributed by atoms with Gasteiger partial charge in [0.15, 0.2) is 0 Å². The molecule has 2 heterocycles. The lowest BCUT2D eigenvalue weighted by atomic mass is 9.81. The van der Waals surface area contributed by atoms with Crippen LogP contribution < -0.4 is 9.64 Å². The standard InChI is InChI=1S/C30H38N2O4S/c1-20-8-10-21(11-9-20)28(33)32(22-12-14-23(15-13-22)36-26-7-5-6-18-31-26)25-19-24(16-17-30(2,3)4)37-27(25)29(34)35/h5-7,18-23H,8-15H2,1-4H3,(H,34,35)/t20-,21-,22-,23-.